The lowest BCUT2D eigenvalue weighted by atomic mass is 10.0. The Bertz CT molecular complexity index is 473. The van der Waals surface area contributed by atoms with E-state index in [2.05, 4.69) is 11.9 Å². The van der Waals surface area contributed by atoms with Gasteiger partial charge in [0.25, 0.3) is 0 Å². The topological polar surface area (TPSA) is 36.7 Å². The molecule has 0 aliphatic carbocycles. The molecule has 0 bridgehead atoms. The van der Waals surface area contributed by atoms with Crippen LogP contribution in [0.15, 0.2) is 17.2 Å². The summed E-state index contributed by atoms with van der Waals surface area (Å²) >= 11 is 0. The van der Waals surface area contributed by atoms with Crippen LogP contribution >= 0.6 is 0 Å². The van der Waals surface area contributed by atoms with Gasteiger partial charge in [0.2, 0.25) is 5.82 Å². The number of nitrogens with one attached hydrogen (secondary N) is 1. The van der Waals surface area contributed by atoms with Crippen LogP contribution in [0.4, 0.5) is 4.39 Å². The molecule has 0 unspecified atom stereocenters. The number of hydrogen-bond donors (Lipinski definition) is 1. The maximum Gasteiger partial charge on any atom is 0.495 e. The Morgan fingerprint density at radius 3 is 1.79 bits per heavy atom. The summed E-state index contributed by atoms with van der Waals surface area (Å²) in [6.45, 7) is 2.87. The summed E-state index contributed by atoms with van der Waals surface area (Å²) in [6, 6.07) is 0. The molecule has 0 aliphatic rings. The lowest BCUT2D eigenvalue weighted by Gasteiger charge is -2.03. The zero-order chi connectivity index (χ0) is 17.5. The minimum atomic E-state index is -0.389. The summed E-state index contributed by atoms with van der Waals surface area (Å²) in [7, 11) is 0. The van der Waals surface area contributed by atoms with Gasteiger partial charge in [0.15, 0.2) is 0 Å². The van der Waals surface area contributed by atoms with Gasteiger partial charge < -0.3 is 0 Å². The lowest BCUT2D eigenvalue weighted by molar-refractivity contribution is -0.715. The molecule has 1 aromatic rings. The molecular weight excluding hydrogens is 303 g/mol. The molecule has 0 saturated carbocycles. The third-order valence-corrected chi connectivity index (χ3v) is 4.63. The van der Waals surface area contributed by atoms with Gasteiger partial charge in [0.05, 0.1) is 6.54 Å². The molecule has 0 amide bonds. The normalized spacial score (nSPS) is 11.1. The molecule has 0 aliphatic heterocycles. The summed E-state index contributed by atoms with van der Waals surface area (Å²) in [6.07, 6.45) is 20.7. The molecule has 0 atom stereocenters. The molecule has 0 spiro atoms. The van der Waals surface area contributed by atoms with Gasteiger partial charge in [-0.05, 0) is 12.8 Å². The van der Waals surface area contributed by atoms with E-state index in [1.165, 1.54) is 87.8 Å². The van der Waals surface area contributed by atoms with Crippen molar-refractivity contribution in [2.75, 3.05) is 0 Å². The average Bonchev–Trinajstić information content (AvgIpc) is 2.58. The lowest BCUT2D eigenvalue weighted by Crippen LogP contribution is -2.51. The molecule has 4 heteroatoms. The molecule has 24 heavy (non-hydrogen) atoms. The molecule has 1 heterocycles. The van der Waals surface area contributed by atoms with E-state index >= 15 is 0 Å². The molecule has 3 nitrogen and oxygen atoms in total. The van der Waals surface area contributed by atoms with Gasteiger partial charge in [-0.25, -0.2) is 4.98 Å². The van der Waals surface area contributed by atoms with Gasteiger partial charge in [-0.3, -0.25) is 0 Å². The molecule has 0 radical (unpaired) electrons. The molecule has 1 N–H and O–H groups in total. The van der Waals surface area contributed by atoms with Crippen LogP contribution in [-0.2, 0) is 6.54 Å². The summed E-state index contributed by atoms with van der Waals surface area (Å²) in [5.41, 5.74) is -0.230. The molecule has 0 aromatic carbocycles. The Labute approximate surface area is 146 Å². The van der Waals surface area contributed by atoms with Gasteiger partial charge in [-0.2, -0.15) is 13.8 Å². The summed E-state index contributed by atoms with van der Waals surface area (Å²) in [5.74, 6) is -0.389. The first-order valence-corrected chi connectivity index (χ1v) is 10.0. The number of H-pyrrole nitrogens is 1. The van der Waals surface area contributed by atoms with Crippen molar-refractivity contribution in [1.82, 2.24) is 4.98 Å². The van der Waals surface area contributed by atoms with E-state index in [0.29, 0.717) is 6.54 Å². The van der Waals surface area contributed by atoms with E-state index < -0.39 is 0 Å². The molecule has 0 fully saturated rings. The van der Waals surface area contributed by atoms with Crippen LogP contribution in [0.3, 0.4) is 0 Å². The number of hydrogen-bond acceptors (Lipinski definition) is 1. The first kappa shape index (κ1) is 20.9. The highest BCUT2D eigenvalue weighted by atomic mass is 19.1. The summed E-state index contributed by atoms with van der Waals surface area (Å²) < 4.78 is 14.5. The van der Waals surface area contributed by atoms with Crippen molar-refractivity contribution in [1.29, 1.82) is 0 Å². The smallest absolute Gasteiger partial charge is 0.208 e. The van der Waals surface area contributed by atoms with Gasteiger partial charge >= 0.3 is 5.69 Å². The summed E-state index contributed by atoms with van der Waals surface area (Å²) in [4.78, 5) is 13.9. The number of halogens is 1. The Kier molecular flexibility index (Phi) is 12.3. The monoisotopic (exact) mass is 339 g/mol. The van der Waals surface area contributed by atoms with Crippen molar-refractivity contribution < 1.29 is 8.96 Å². The number of aromatic nitrogens is 2. The van der Waals surface area contributed by atoms with Crippen molar-refractivity contribution in [2.24, 2.45) is 0 Å². The zero-order valence-electron chi connectivity index (χ0n) is 15.5. The molecule has 1 rings (SSSR count). The van der Waals surface area contributed by atoms with Crippen molar-refractivity contribution in [2.45, 2.75) is 103 Å². The number of aryl methyl sites for hydroxylation is 1. The van der Waals surface area contributed by atoms with Gasteiger partial charge in [0, 0.05) is 0 Å². The maximum atomic E-state index is 13.0. The fraction of sp³-hybridized carbons (Fsp3) is 0.800. The van der Waals surface area contributed by atoms with E-state index in [1.54, 1.807) is 0 Å². The average molecular weight is 340 g/mol. The fourth-order valence-corrected chi connectivity index (χ4v) is 3.10. The second-order valence-electron chi connectivity index (χ2n) is 6.90. The van der Waals surface area contributed by atoms with Gasteiger partial charge in [-0.15, -0.1) is 0 Å². The van der Waals surface area contributed by atoms with Crippen LogP contribution in [0.25, 0.3) is 0 Å². The Morgan fingerprint density at radius 1 is 0.833 bits per heavy atom. The third kappa shape index (κ3) is 10.6. The van der Waals surface area contributed by atoms with Gasteiger partial charge in [-0.1, -0.05) is 84.0 Å². The first-order valence-electron chi connectivity index (χ1n) is 10.0. The number of aromatic amines is 1. The SMILES string of the molecule is CCCCCCCCCCCCCCCC[n+]1cc(F)c[nH]c1=O. The van der Waals surface area contributed by atoms with E-state index in [1.807, 2.05) is 0 Å². The third-order valence-electron chi connectivity index (χ3n) is 4.63. The van der Waals surface area contributed by atoms with Crippen molar-refractivity contribution in [3.63, 3.8) is 0 Å². The van der Waals surface area contributed by atoms with Crippen LogP contribution in [0.2, 0.25) is 0 Å². The quantitative estimate of drug-likeness (QED) is 0.342. The van der Waals surface area contributed by atoms with Crippen molar-refractivity contribution in [3.8, 4) is 0 Å². The van der Waals surface area contributed by atoms with Crippen LogP contribution in [-0.4, -0.2) is 4.98 Å². The predicted molar refractivity (Wildman–Crippen MR) is 97.5 cm³/mol. The molecule has 1 aromatic heterocycles. The Balaban J connectivity index is 1.85. The number of nitrogens with zero attached hydrogens (tertiary/aromatic N) is 1. The highest BCUT2D eigenvalue weighted by Crippen LogP contribution is 2.12. The van der Waals surface area contributed by atoms with Crippen LogP contribution < -0.4 is 10.3 Å². The van der Waals surface area contributed by atoms with E-state index in [-0.39, 0.29) is 11.5 Å². The minimum absolute atomic E-state index is 0.230. The second-order valence-corrected chi connectivity index (χ2v) is 6.90. The molecular formula is C20H36FN2O+. The largest absolute Gasteiger partial charge is 0.495 e. The Morgan fingerprint density at radius 2 is 1.29 bits per heavy atom. The molecule has 0 saturated heterocycles. The highest BCUT2D eigenvalue weighted by Gasteiger charge is 2.05. The first-order chi connectivity index (χ1) is 11.7. The Hall–Kier alpha value is -1.19. The van der Waals surface area contributed by atoms with Crippen LogP contribution in [0, 0.1) is 5.82 Å². The second kappa shape index (κ2) is 14.2. The van der Waals surface area contributed by atoms with E-state index in [0.717, 1.165) is 19.0 Å². The number of rotatable bonds is 15. The van der Waals surface area contributed by atoms with Crippen LogP contribution in [0.1, 0.15) is 96.8 Å². The summed E-state index contributed by atoms with van der Waals surface area (Å²) in [5, 5.41) is 0. The standard InChI is InChI=1S/C20H35FN2O/c1-2-3-4-5-6-7-8-9-10-11-12-13-14-15-16-23-18-19(21)17-22-20(23)24/h17-18H,2-16H2,1H3/p+1. The van der Waals surface area contributed by atoms with Gasteiger partial charge in [0.1, 0.15) is 12.4 Å². The number of unbranched alkanes of at least 4 members (excludes halogenated alkanes) is 13. The van der Waals surface area contributed by atoms with Crippen molar-refractivity contribution >= 4 is 0 Å². The van der Waals surface area contributed by atoms with E-state index in [9.17, 15) is 9.18 Å². The predicted octanol–water partition coefficient (Wildman–Crippen LogP) is 5.28. The highest BCUT2D eigenvalue weighted by molar-refractivity contribution is 4.76. The van der Waals surface area contributed by atoms with Crippen molar-refractivity contribution in [3.05, 3.63) is 28.7 Å². The van der Waals surface area contributed by atoms with Crippen LogP contribution in [0.5, 0.6) is 0 Å². The van der Waals surface area contributed by atoms with E-state index in [4.69, 9.17) is 0 Å². The minimum Gasteiger partial charge on any atom is -0.208 e. The molecule has 138 valence electrons. The maximum absolute atomic E-state index is 13.0. The fourth-order valence-electron chi connectivity index (χ4n) is 3.10. The zero-order valence-corrected chi connectivity index (χ0v) is 15.5.